The number of carbonyl (C=O) groups excluding carboxylic acids is 1. The first kappa shape index (κ1) is 40.3. The fraction of sp³-hybridized carbons (Fsp3) is 0.971. The summed E-state index contributed by atoms with van der Waals surface area (Å²) in [5.74, 6) is -0.587. The summed E-state index contributed by atoms with van der Waals surface area (Å²) in [4.78, 5) is 12.3. The van der Waals surface area contributed by atoms with Crippen molar-refractivity contribution < 1.29 is 25.2 Å². The van der Waals surface area contributed by atoms with Crippen LogP contribution in [0.3, 0.4) is 0 Å². The van der Waals surface area contributed by atoms with Gasteiger partial charge in [-0.25, -0.2) is 0 Å². The molecule has 0 bridgehead atoms. The van der Waals surface area contributed by atoms with Gasteiger partial charge in [0.05, 0.1) is 18.8 Å². The lowest BCUT2D eigenvalue weighted by molar-refractivity contribution is -0.132. The van der Waals surface area contributed by atoms with Gasteiger partial charge in [0.15, 0.2) is 0 Å². The second kappa shape index (κ2) is 30.8. The summed E-state index contributed by atoms with van der Waals surface area (Å²) in [6.07, 6.45) is 28.5. The molecule has 0 rings (SSSR count). The SMILES string of the molecule is CCCCCCCCCCCCCCCCCCCC(O)C(O)C(CO)NC(=O)C(O)CCCCCCCCCC. The molecule has 0 saturated carbocycles. The van der Waals surface area contributed by atoms with Crippen LogP contribution in [0.15, 0.2) is 0 Å². The number of hydrogen-bond donors (Lipinski definition) is 5. The highest BCUT2D eigenvalue weighted by molar-refractivity contribution is 5.80. The van der Waals surface area contributed by atoms with Crippen molar-refractivity contribution in [2.75, 3.05) is 6.61 Å². The summed E-state index contributed by atoms with van der Waals surface area (Å²) in [6.45, 7) is 4.00. The first-order chi connectivity index (χ1) is 20.0. The predicted octanol–water partition coefficient (Wildman–Crippen LogP) is 8.12. The topological polar surface area (TPSA) is 110 Å². The summed E-state index contributed by atoms with van der Waals surface area (Å²) < 4.78 is 0. The van der Waals surface area contributed by atoms with E-state index in [1.54, 1.807) is 0 Å². The molecule has 0 aliphatic carbocycles. The maximum Gasteiger partial charge on any atom is 0.249 e. The van der Waals surface area contributed by atoms with Crippen LogP contribution in [0.4, 0.5) is 0 Å². The maximum atomic E-state index is 12.3. The second-order valence-corrected chi connectivity index (χ2v) is 12.6. The average molecular weight is 586 g/mol. The third-order valence-electron chi connectivity index (χ3n) is 8.57. The summed E-state index contributed by atoms with van der Waals surface area (Å²) in [7, 11) is 0. The Morgan fingerprint density at radius 2 is 0.829 bits per heavy atom. The molecule has 0 fully saturated rings. The monoisotopic (exact) mass is 586 g/mol. The Balaban J connectivity index is 3.75. The van der Waals surface area contributed by atoms with Crippen molar-refractivity contribution >= 4 is 5.91 Å². The van der Waals surface area contributed by atoms with Gasteiger partial charge in [-0.05, 0) is 12.8 Å². The second-order valence-electron chi connectivity index (χ2n) is 12.6. The molecule has 4 unspecified atom stereocenters. The van der Waals surface area contributed by atoms with Crippen molar-refractivity contribution in [2.24, 2.45) is 0 Å². The molecule has 246 valence electrons. The Morgan fingerprint density at radius 3 is 1.17 bits per heavy atom. The van der Waals surface area contributed by atoms with Gasteiger partial charge < -0.3 is 25.7 Å². The van der Waals surface area contributed by atoms with Gasteiger partial charge in [-0.3, -0.25) is 4.79 Å². The standard InChI is InChI=1S/C35H71NO5/c1-3-5-7-9-11-13-14-15-16-17-18-19-20-21-23-24-26-28-32(38)34(40)31(30-37)36-35(41)33(39)29-27-25-22-12-10-8-6-4-2/h31-34,37-40H,3-30H2,1-2H3,(H,36,41). The lowest BCUT2D eigenvalue weighted by atomic mass is 9.99. The van der Waals surface area contributed by atoms with Crippen LogP contribution in [0.1, 0.15) is 187 Å². The number of hydrogen-bond acceptors (Lipinski definition) is 5. The van der Waals surface area contributed by atoms with Crippen molar-refractivity contribution in [3.63, 3.8) is 0 Å². The van der Waals surface area contributed by atoms with Crippen molar-refractivity contribution in [3.05, 3.63) is 0 Å². The predicted molar refractivity (Wildman–Crippen MR) is 173 cm³/mol. The van der Waals surface area contributed by atoms with Crippen molar-refractivity contribution in [1.82, 2.24) is 5.32 Å². The van der Waals surface area contributed by atoms with Gasteiger partial charge in [0, 0.05) is 0 Å². The van der Waals surface area contributed by atoms with E-state index in [2.05, 4.69) is 19.2 Å². The van der Waals surface area contributed by atoms with Crippen molar-refractivity contribution in [1.29, 1.82) is 0 Å². The molecule has 0 aliphatic rings. The van der Waals surface area contributed by atoms with Crippen molar-refractivity contribution in [2.45, 2.75) is 212 Å². The lowest BCUT2D eigenvalue weighted by Gasteiger charge is -2.27. The molecule has 0 heterocycles. The fourth-order valence-electron chi connectivity index (χ4n) is 5.64. The molecular weight excluding hydrogens is 514 g/mol. The van der Waals surface area contributed by atoms with E-state index in [0.29, 0.717) is 12.8 Å². The first-order valence-corrected chi connectivity index (χ1v) is 17.9. The number of nitrogens with one attached hydrogen (secondary N) is 1. The van der Waals surface area contributed by atoms with Crippen LogP contribution in [0, 0.1) is 0 Å². The molecule has 6 nitrogen and oxygen atoms in total. The summed E-state index contributed by atoms with van der Waals surface area (Å²) >= 11 is 0. The number of unbranched alkanes of at least 4 members (excludes halogenated alkanes) is 23. The molecule has 0 saturated heterocycles. The largest absolute Gasteiger partial charge is 0.394 e. The minimum Gasteiger partial charge on any atom is -0.394 e. The molecule has 0 aromatic rings. The molecule has 0 radical (unpaired) electrons. The summed E-state index contributed by atoms with van der Waals surface area (Å²) in [6, 6.07) is -0.975. The van der Waals surface area contributed by atoms with Crippen LogP contribution in [0.25, 0.3) is 0 Å². The Labute approximate surface area is 254 Å². The van der Waals surface area contributed by atoms with Gasteiger partial charge >= 0.3 is 0 Å². The zero-order valence-corrected chi connectivity index (χ0v) is 27.3. The smallest absolute Gasteiger partial charge is 0.249 e. The Hall–Kier alpha value is -0.690. The fourth-order valence-corrected chi connectivity index (χ4v) is 5.64. The zero-order valence-electron chi connectivity index (χ0n) is 27.3. The first-order valence-electron chi connectivity index (χ1n) is 17.9. The molecule has 5 N–H and O–H groups in total. The number of rotatable bonds is 32. The van der Waals surface area contributed by atoms with E-state index in [4.69, 9.17) is 0 Å². The van der Waals surface area contributed by atoms with E-state index in [1.807, 2.05) is 0 Å². The van der Waals surface area contributed by atoms with Gasteiger partial charge in [-0.15, -0.1) is 0 Å². The highest BCUT2D eigenvalue weighted by Gasteiger charge is 2.28. The van der Waals surface area contributed by atoms with Gasteiger partial charge in [0.2, 0.25) is 5.91 Å². The van der Waals surface area contributed by atoms with Gasteiger partial charge in [0.1, 0.15) is 12.2 Å². The number of aliphatic hydroxyl groups is 4. The quantitative estimate of drug-likeness (QED) is 0.0512. The van der Waals surface area contributed by atoms with Crippen molar-refractivity contribution in [3.8, 4) is 0 Å². The summed E-state index contributed by atoms with van der Waals surface area (Å²) in [5.41, 5.74) is 0. The molecule has 4 atom stereocenters. The molecule has 0 aromatic heterocycles. The van der Waals surface area contributed by atoms with Crippen LogP contribution in [0.5, 0.6) is 0 Å². The minimum atomic E-state index is -1.25. The third-order valence-corrected chi connectivity index (χ3v) is 8.57. The van der Waals surface area contributed by atoms with Crippen LogP contribution in [-0.2, 0) is 4.79 Å². The van der Waals surface area contributed by atoms with E-state index >= 15 is 0 Å². The van der Waals surface area contributed by atoms with Gasteiger partial charge in [-0.2, -0.15) is 0 Å². The van der Waals surface area contributed by atoms with Crippen LogP contribution < -0.4 is 5.32 Å². The highest BCUT2D eigenvalue weighted by atomic mass is 16.3. The molecule has 0 aliphatic heterocycles. The van der Waals surface area contributed by atoms with E-state index < -0.39 is 36.9 Å². The molecule has 0 spiro atoms. The minimum absolute atomic E-state index is 0.372. The normalized spacial score (nSPS) is 14.6. The molecule has 1 amide bonds. The van der Waals surface area contributed by atoms with E-state index in [-0.39, 0.29) is 0 Å². The zero-order chi connectivity index (χ0) is 30.4. The number of carbonyl (C=O) groups is 1. The number of amides is 1. The van der Waals surface area contributed by atoms with E-state index in [9.17, 15) is 25.2 Å². The Kier molecular flexibility index (Phi) is 30.2. The van der Waals surface area contributed by atoms with E-state index in [1.165, 1.54) is 122 Å². The van der Waals surface area contributed by atoms with Crippen LogP contribution >= 0.6 is 0 Å². The Morgan fingerprint density at radius 1 is 0.512 bits per heavy atom. The maximum absolute atomic E-state index is 12.3. The molecule has 41 heavy (non-hydrogen) atoms. The van der Waals surface area contributed by atoms with E-state index in [0.717, 1.165) is 38.5 Å². The summed E-state index contributed by atoms with van der Waals surface area (Å²) in [5, 5.41) is 43.2. The molecular formula is C35H71NO5. The van der Waals surface area contributed by atoms with Crippen LogP contribution in [-0.4, -0.2) is 57.3 Å². The van der Waals surface area contributed by atoms with Gasteiger partial charge in [-0.1, -0.05) is 174 Å². The molecule has 0 aromatic carbocycles. The van der Waals surface area contributed by atoms with Crippen LogP contribution in [0.2, 0.25) is 0 Å². The lowest BCUT2D eigenvalue weighted by Crippen LogP contribution is -2.53. The average Bonchev–Trinajstić information content (AvgIpc) is 2.98. The van der Waals surface area contributed by atoms with Gasteiger partial charge in [0.25, 0.3) is 0 Å². The highest BCUT2D eigenvalue weighted by Crippen LogP contribution is 2.16. The third kappa shape index (κ3) is 25.5. The molecule has 6 heteroatoms. The number of aliphatic hydroxyl groups excluding tert-OH is 4. The Bertz CT molecular complexity index is 547.